The maximum Gasteiger partial charge on any atom is 0.255 e. The molecular formula is C27H24FIN2O6. The van der Waals surface area contributed by atoms with Gasteiger partial charge in [0.1, 0.15) is 22.7 Å². The molecule has 1 aromatic heterocycles. The Bertz CT molecular complexity index is 1460. The van der Waals surface area contributed by atoms with E-state index < -0.39 is 37.1 Å². The van der Waals surface area contributed by atoms with Crippen molar-refractivity contribution in [2.75, 3.05) is 26.9 Å². The number of carbonyl (C=O) groups excluding carboxylic acids is 2. The van der Waals surface area contributed by atoms with E-state index in [0.29, 0.717) is 33.4 Å². The molecule has 0 aliphatic rings. The second-order valence-corrected chi connectivity index (χ2v) is 9.67. The first kappa shape index (κ1) is 26.7. The molecule has 0 atom stereocenters. The molecule has 0 fully saturated rings. The molecule has 192 valence electrons. The third-order valence-corrected chi connectivity index (χ3v) is 6.95. The molecule has 0 saturated carbocycles. The van der Waals surface area contributed by atoms with Gasteiger partial charge in [0.2, 0.25) is 0 Å². The van der Waals surface area contributed by atoms with Gasteiger partial charge in [-0.3, -0.25) is 9.59 Å². The normalized spacial score (nSPS) is 11.5. The molecule has 0 saturated heterocycles. The van der Waals surface area contributed by atoms with Crippen molar-refractivity contribution in [2.45, 2.75) is 5.54 Å². The van der Waals surface area contributed by atoms with Gasteiger partial charge in [0.15, 0.2) is 0 Å². The van der Waals surface area contributed by atoms with Crippen LogP contribution in [0.3, 0.4) is 0 Å². The van der Waals surface area contributed by atoms with Gasteiger partial charge in [-0.2, -0.15) is 0 Å². The molecule has 0 bridgehead atoms. The van der Waals surface area contributed by atoms with Crippen molar-refractivity contribution in [2.24, 2.45) is 0 Å². The number of aliphatic hydroxyl groups is 3. The monoisotopic (exact) mass is 618 g/mol. The lowest BCUT2D eigenvalue weighted by Gasteiger charge is -2.28. The molecule has 2 amide bonds. The average molecular weight is 618 g/mol. The summed E-state index contributed by atoms with van der Waals surface area (Å²) >= 11 is 2.14. The number of amides is 2. The Morgan fingerprint density at radius 3 is 2.24 bits per heavy atom. The number of halogens is 2. The molecule has 37 heavy (non-hydrogen) atoms. The summed E-state index contributed by atoms with van der Waals surface area (Å²) in [4.78, 5) is 25.7. The van der Waals surface area contributed by atoms with E-state index in [9.17, 15) is 29.3 Å². The average Bonchev–Trinajstić information content (AvgIpc) is 3.29. The first-order valence-electron chi connectivity index (χ1n) is 11.3. The summed E-state index contributed by atoms with van der Waals surface area (Å²) in [5.41, 5.74) is 1.42. The molecule has 4 rings (SSSR count). The fourth-order valence-electron chi connectivity index (χ4n) is 3.90. The highest BCUT2D eigenvalue weighted by Gasteiger charge is 2.30. The van der Waals surface area contributed by atoms with E-state index in [4.69, 9.17) is 4.42 Å². The summed E-state index contributed by atoms with van der Waals surface area (Å²) in [6.45, 7) is -1.92. The van der Waals surface area contributed by atoms with Gasteiger partial charge in [-0.1, -0.05) is 12.1 Å². The van der Waals surface area contributed by atoms with Crippen LogP contribution in [0.4, 0.5) is 4.39 Å². The minimum absolute atomic E-state index is 0.249. The predicted octanol–water partition coefficient (Wildman–Crippen LogP) is 3.32. The van der Waals surface area contributed by atoms with Crippen LogP contribution >= 0.6 is 22.6 Å². The number of carbonyl (C=O) groups is 2. The van der Waals surface area contributed by atoms with Crippen LogP contribution in [0.1, 0.15) is 20.7 Å². The highest BCUT2D eigenvalue weighted by Crippen LogP contribution is 2.38. The Kier molecular flexibility index (Phi) is 7.93. The van der Waals surface area contributed by atoms with Crippen molar-refractivity contribution in [3.05, 3.63) is 81.2 Å². The van der Waals surface area contributed by atoms with Crippen LogP contribution in [-0.4, -0.2) is 59.5 Å². The summed E-state index contributed by atoms with van der Waals surface area (Å²) < 4.78 is 20.3. The lowest BCUT2D eigenvalue weighted by atomic mass is 9.98. The van der Waals surface area contributed by atoms with Crippen molar-refractivity contribution < 1.29 is 33.7 Å². The second-order valence-electron chi connectivity index (χ2n) is 8.51. The predicted molar refractivity (Wildman–Crippen MR) is 145 cm³/mol. The van der Waals surface area contributed by atoms with Crippen LogP contribution in [-0.2, 0) is 0 Å². The van der Waals surface area contributed by atoms with Crippen LogP contribution in [0.5, 0.6) is 0 Å². The third-order valence-electron chi connectivity index (χ3n) is 6.06. The van der Waals surface area contributed by atoms with Crippen molar-refractivity contribution in [1.82, 2.24) is 10.6 Å². The highest BCUT2D eigenvalue weighted by atomic mass is 127. The number of hydrogen-bond acceptors (Lipinski definition) is 6. The first-order chi connectivity index (χ1) is 17.8. The molecule has 4 aromatic rings. The molecule has 3 aromatic carbocycles. The van der Waals surface area contributed by atoms with Gasteiger partial charge < -0.3 is 30.4 Å². The molecule has 0 aliphatic heterocycles. The summed E-state index contributed by atoms with van der Waals surface area (Å²) in [7, 11) is 1.51. The first-order valence-corrected chi connectivity index (χ1v) is 12.3. The standard InChI is InChI=1S/C27H24FIN2O6/c1-30-26(36)23-20-10-19(21(29)11-22(20)37-24(23)15-5-7-18(28)8-6-15)16-3-2-4-17(9-16)25(35)31-27(12-32,13-33)14-34/h2-11,32-34H,12-14H2,1H3,(H,30,36)(H,31,35). The molecule has 1 heterocycles. The minimum Gasteiger partial charge on any atom is -0.455 e. The van der Waals surface area contributed by atoms with E-state index in [1.807, 2.05) is 0 Å². The zero-order valence-corrected chi connectivity index (χ0v) is 21.9. The van der Waals surface area contributed by atoms with Crippen molar-refractivity contribution in [3.63, 3.8) is 0 Å². The Balaban J connectivity index is 1.81. The molecule has 0 aliphatic carbocycles. The lowest BCUT2D eigenvalue weighted by Crippen LogP contribution is -2.57. The van der Waals surface area contributed by atoms with Crippen LogP contribution in [0, 0.1) is 9.39 Å². The zero-order chi connectivity index (χ0) is 26.7. The Morgan fingerprint density at radius 1 is 0.946 bits per heavy atom. The van der Waals surface area contributed by atoms with Crippen LogP contribution in [0.15, 0.2) is 65.1 Å². The maximum absolute atomic E-state index is 13.5. The largest absolute Gasteiger partial charge is 0.455 e. The molecule has 0 radical (unpaired) electrons. The number of furan rings is 1. The molecular weight excluding hydrogens is 594 g/mol. The van der Waals surface area contributed by atoms with E-state index in [1.54, 1.807) is 48.5 Å². The fourth-order valence-corrected chi connectivity index (χ4v) is 4.65. The molecule has 10 heteroatoms. The molecule has 8 nitrogen and oxygen atoms in total. The number of hydrogen-bond donors (Lipinski definition) is 5. The summed E-state index contributed by atoms with van der Waals surface area (Å²) in [6.07, 6.45) is 0. The van der Waals surface area contributed by atoms with Gasteiger partial charge in [-0.25, -0.2) is 4.39 Å². The minimum atomic E-state index is -1.56. The van der Waals surface area contributed by atoms with Crippen molar-refractivity contribution in [3.8, 4) is 22.5 Å². The second kappa shape index (κ2) is 11.0. The van der Waals surface area contributed by atoms with Crippen molar-refractivity contribution >= 4 is 45.4 Å². The van der Waals surface area contributed by atoms with Gasteiger partial charge in [-0.15, -0.1) is 0 Å². The van der Waals surface area contributed by atoms with Crippen LogP contribution < -0.4 is 10.6 Å². The lowest BCUT2D eigenvalue weighted by molar-refractivity contribution is 0.0375. The number of rotatable bonds is 8. The van der Waals surface area contributed by atoms with Crippen molar-refractivity contribution in [1.29, 1.82) is 0 Å². The van der Waals surface area contributed by atoms with Crippen LogP contribution in [0.25, 0.3) is 33.4 Å². The summed E-state index contributed by atoms with van der Waals surface area (Å²) in [5.74, 6) is -1.05. The topological polar surface area (TPSA) is 132 Å². The quantitative estimate of drug-likeness (QED) is 0.193. The maximum atomic E-state index is 13.5. The SMILES string of the molecule is CNC(=O)c1c(-c2ccc(F)cc2)oc2cc(I)c(-c3cccc(C(=O)NC(CO)(CO)CO)c3)cc12. The van der Waals surface area contributed by atoms with E-state index in [0.717, 1.165) is 9.13 Å². The number of fused-ring (bicyclic) bond motifs is 1. The van der Waals surface area contributed by atoms with E-state index in [2.05, 4.69) is 33.2 Å². The van der Waals surface area contributed by atoms with Gasteiger partial charge >= 0.3 is 0 Å². The van der Waals surface area contributed by atoms with Gasteiger partial charge in [0.05, 0.1) is 25.4 Å². The number of aliphatic hydroxyl groups excluding tert-OH is 3. The number of nitrogens with one attached hydrogen (secondary N) is 2. The fraction of sp³-hybridized carbons (Fsp3) is 0.185. The van der Waals surface area contributed by atoms with E-state index >= 15 is 0 Å². The number of benzene rings is 3. The molecule has 0 unspecified atom stereocenters. The van der Waals surface area contributed by atoms with E-state index in [1.165, 1.54) is 19.2 Å². The van der Waals surface area contributed by atoms with Crippen LogP contribution in [0.2, 0.25) is 0 Å². The Labute approximate surface area is 225 Å². The summed E-state index contributed by atoms with van der Waals surface area (Å²) in [5, 5.41) is 34.3. The Morgan fingerprint density at radius 2 is 1.62 bits per heavy atom. The van der Waals surface area contributed by atoms with Gasteiger partial charge in [0.25, 0.3) is 11.8 Å². The Hall–Kier alpha value is -3.32. The van der Waals surface area contributed by atoms with Gasteiger partial charge in [0, 0.05) is 27.1 Å². The van der Waals surface area contributed by atoms with Gasteiger partial charge in [-0.05, 0) is 82.2 Å². The highest BCUT2D eigenvalue weighted by molar-refractivity contribution is 14.1. The molecule has 0 spiro atoms. The summed E-state index contributed by atoms with van der Waals surface area (Å²) in [6, 6.07) is 15.9. The van der Waals surface area contributed by atoms with E-state index in [-0.39, 0.29) is 11.5 Å². The molecule has 5 N–H and O–H groups in total. The zero-order valence-electron chi connectivity index (χ0n) is 19.7. The smallest absolute Gasteiger partial charge is 0.255 e. The third kappa shape index (κ3) is 5.23.